The summed E-state index contributed by atoms with van der Waals surface area (Å²) >= 11 is 6.25. The van der Waals surface area contributed by atoms with Crippen LogP contribution in [0.4, 0.5) is 11.4 Å². The van der Waals surface area contributed by atoms with Crippen LogP contribution in [0.3, 0.4) is 0 Å². The van der Waals surface area contributed by atoms with E-state index in [9.17, 15) is 23.1 Å². The molecule has 14 heteroatoms. The molecule has 1 aliphatic carbocycles. The summed E-state index contributed by atoms with van der Waals surface area (Å²) in [4.78, 5) is 30.7. The number of aliphatic hydroxyl groups is 1. The van der Waals surface area contributed by atoms with Crippen LogP contribution < -0.4 is 25.4 Å². The van der Waals surface area contributed by atoms with Crippen LogP contribution >= 0.6 is 11.6 Å². The second-order valence-electron chi connectivity index (χ2n) is 12.1. The fraction of sp³-hybridized carbons (Fsp3) is 0.361. The fourth-order valence-electron chi connectivity index (χ4n) is 5.95. The average Bonchev–Trinajstić information content (AvgIpc) is 3.10. The highest BCUT2D eigenvalue weighted by atomic mass is 35.5. The molecule has 1 aliphatic rings. The monoisotopic (exact) mass is 723 g/mol. The van der Waals surface area contributed by atoms with E-state index in [1.807, 2.05) is 19.1 Å². The standard InChI is InChI=1S/C36H42ClN5O7S/c1-23-20-32(28-22-25(37)9-15-29(28)39-23)38-17-19-42(50(46,47)27-12-10-26(48-2)11-13-27)18-16-35(44)40-31-14-8-24(21-34(31)49-3)36(45)41-30-6-4-5-7-33(30)43/h8-15,20-22,30,33,43H,4-7,16-19H2,1-3H3,(H,38,39)(H,40,44)(H,41,45)/t30?,33-/m0/s1. The number of benzene rings is 3. The zero-order valence-corrected chi connectivity index (χ0v) is 29.8. The Morgan fingerprint density at radius 2 is 1.72 bits per heavy atom. The number of anilines is 2. The topological polar surface area (TPSA) is 159 Å². The van der Waals surface area contributed by atoms with Gasteiger partial charge < -0.3 is 30.5 Å². The van der Waals surface area contributed by atoms with Crippen molar-refractivity contribution in [1.29, 1.82) is 0 Å². The van der Waals surface area contributed by atoms with Gasteiger partial charge in [0.25, 0.3) is 5.91 Å². The lowest BCUT2D eigenvalue weighted by Gasteiger charge is -2.28. The van der Waals surface area contributed by atoms with Crippen molar-refractivity contribution in [3.05, 3.63) is 83.0 Å². The lowest BCUT2D eigenvalue weighted by atomic mass is 9.92. The first-order chi connectivity index (χ1) is 24.0. The Morgan fingerprint density at radius 1 is 0.960 bits per heavy atom. The first-order valence-corrected chi connectivity index (χ1v) is 18.2. The Balaban J connectivity index is 1.28. The van der Waals surface area contributed by atoms with Gasteiger partial charge in [0.2, 0.25) is 15.9 Å². The highest BCUT2D eigenvalue weighted by Crippen LogP contribution is 2.28. The summed E-state index contributed by atoms with van der Waals surface area (Å²) in [5.74, 6) is -0.0153. The maximum atomic E-state index is 13.8. The summed E-state index contributed by atoms with van der Waals surface area (Å²) in [7, 11) is -1.09. The number of hydrogen-bond donors (Lipinski definition) is 4. The second kappa shape index (κ2) is 16.5. The predicted molar refractivity (Wildman–Crippen MR) is 194 cm³/mol. The first kappa shape index (κ1) is 36.8. The molecular formula is C36H42ClN5O7S. The highest BCUT2D eigenvalue weighted by Gasteiger charge is 2.27. The normalized spacial score (nSPS) is 16.2. The largest absolute Gasteiger partial charge is 0.497 e. The molecule has 1 fully saturated rings. The van der Waals surface area contributed by atoms with Crippen molar-refractivity contribution in [2.24, 2.45) is 0 Å². The molecule has 0 radical (unpaired) electrons. The van der Waals surface area contributed by atoms with Gasteiger partial charge in [0.05, 0.1) is 42.5 Å². The number of pyridine rings is 1. The van der Waals surface area contributed by atoms with E-state index in [1.54, 1.807) is 36.4 Å². The molecule has 1 unspecified atom stereocenters. The van der Waals surface area contributed by atoms with Crippen LogP contribution in [0.2, 0.25) is 5.02 Å². The summed E-state index contributed by atoms with van der Waals surface area (Å²) in [6, 6.07) is 17.7. The van der Waals surface area contributed by atoms with E-state index in [0.717, 1.165) is 35.1 Å². The maximum absolute atomic E-state index is 13.8. The predicted octanol–water partition coefficient (Wildman–Crippen LogP) is 5.38. The number of rotatable bonds is 14. The number of carbonyl (C=O) groups is 2. The van der Waals surface area contributed by atoms with Gasteiger partial charge in [-0.05, 0) is 86.5 Å². The van der Waals surface area contributed by atoms with E-state index in [4.69, 9.17) is 21.1 Å². The van der Waals surface area contributed by atoms with Gasteiger partial charge in [-0.2, -0.15) is 4.31 Å². The zero-order valence-electron chi connectivity index (χ0n) is 28.2. The number of halogens is 1. The number of amides is 2. The molecule has 0 saturated heterocycles. The van der Waals surface area contributed by atoms with Crippen LogP contribution in [-0.2, 0) is 14.8 Å². The Morgan fingerprint density at radius 3 is 2.44 bits per heavy atom. The van der Waals surface area contributed by atoms with Crippen LogP contribution in [0, 0.1) is 6.92 Å². The van der Waals surface area contributed by atoms with Crippen LogP contribution in [-0.4, -0.2) is 80.6 Å². The van der Waals surface area contributed by atoms with E-state index in [0.29, 0.717) is 34.9 Å². The van der Waals surface area contributed by atoms with Gasteiger partial charge in [0, 0.05) is 53.4 Å². The highest BCUT2D eigenvalue weighted by molar-refractivity contribution is 7.89. The number of nitrogens with one attached hydrogen (secondary N) is 3. The lowest BCUT2D eigenvalue weighted by molar-refractivity contribution is -0.116. The molecule has 3 aromatic carbocycles. The van der Waals surface area contributed by atoms with E-state index >= 15 is 0 Å². The molecule has 1 saturated carbocycles. The van der Waals surface area contributed by atoms with Crippen LogP contribution in [0.25, 0.3) is 10.9 Å². The van der Waals surface area contributed by atoms with E-state index < -0.39 is 22.0 Å². The summed E-state index contributed by atoms with van der Waals surface area (Å²) in [5.41, 5.74) is 2.95. The smallest absolute Gasteiger partial charge is 0.251 e. The molecule has 12 nitrogen and oxygen atoms in total. The molecule has 2 atom stereocenters. The number of sulfonamides is 1. The van der Waals surface area contributed by atoms with Gasteiger partial charge in [-0.15, -0.1) is 0 Å². The number of aliphatic hydroxyl groups excluding tert-OH is 1. The number of nitrogens with zero attached hydrogens (tertiary/aromatic N) is 2. The maximum Gasteiger partial charge on any atom is 0.251 e. The molecule has 1 aromatic heterocycles. The molecule has 2 amide bonds. The number of methoxy groups -OCH3 is 2. The van der Waals surface area contributed by atoms with Gasteiger partial charge in [0.15, 0.2) is 0 Å². The number of carbonyl (C=O) groups excluding carboxylic acids is 2. The quantitative estimate of drug-likeness (QED) is 0.134. The summed E-state index contributed by atoms with van der Waals surface area (Å²) in [5, 5.41) is 20.6. The Labute approximate surface area is 297 Å². The number of hydrogen-bond acceptors (Lipinski definition) is 9. The van der Waals surface area contributed by atoms with Crippen molar-refractivity contribution in [1.82, 2.24) is 14.6 Å². The molecule has 5 rings (SSSR count). The third kappa shape index (κ3) is 9.02. The summed E-state index contributed by atoms with van der Waals surface area (Å²) in [6.07, 6.45) is 2.46. The van der Waals surface area contributed by atoms with E-state index in [2.05, 4.69) is 20.9 Å². The first-order valence-electron chi connectivity index (χ1n) is 16.4. The van der Waals surface area contributed by atoms with Crippen LogP contribution in [0.5, 0.6) is 11.5 Å². The van der Waals surface area contributed by atoms with Gasteiger partial charge in [-0.1, -0.05) is 24.4 Å². The molecule has 0 aliphatic heterocycles. The summed E-state index contributed by atoms with van der Waals surface area (Å²) < 4.78 is 39.6. The average molecular weight is 724 g/mol. The number of aryl methyl sites for hydroxylation is 1. The minimum Gasteiger partial charge on any atom is -0.497 e. The van der Waals surface area contributed by atoms with Crippen LogP contribution in [0.15, 0.2) is 71.6 Å². The van der Waals surface area contributed by atoms with Crippen molar-refractivity contribution in [3.8, 4) is 11.5 Å². The number of ether oxygens (including phenoxy) is 2. The molecule has 50 heavy (non-hydrogen) atoms. The Bertz CT molecular complexity index is 1940. The second-order valence-corrected chi connectivity index (χ2v) is 14.5. The Hall–Kier alpha value is -4.43. The van der Waals surface area contributed by atoms with E-state index in [-0.39, 0.29) is 48.6 Å². The third-order valence-electron chi connectivity index (χ3n) is 8.64. The number of fused-ring (bicyclic) bond motifs is 1. The van der Waals surface area contributed by atoms with Gasteiger partial charge in [-0.25, -0.2) is 8.42 Å². The molecule has 1 heterocycles. The van der Waals surface area contributed by atoms with Crippen molar-refractivity contribution >= 4 is 55.7 Å². The van der Waals surface area contributed by atoms with Crippen molar-refractivity contribution in [2.45, 2.75) is 56.1 Å². The minimum atomic E-state index is -4.01. The van der Waals surface area contributed by atoms with E-state index in [1.165, 1.54) is 36.7 Å². The molecule has 0 bridgehead atoms. The van der Waals surface area contributed by atoms with Gasteiger partial charge >= 0.3 is 0 Å². The molecule has 4 N–H and O–H groups in total. The minimum absolute atomic E-state index is 0.0495. The fourth-order valence-corrected chi connectivity index (χ4v) is 7.56. The van der Waals surface area contributed by atoms with Crippen molar-refractivity contribution < 1.29 is 32.6 Å². The third-order valence-corrected chi connectivity index (χ3v) is 10.8. The van der Waals surface area contributed by atoms with Gasteiger partial charge in [0.1, 0.15) is 11.5 Å². The molecular weight excluding hydrogens is 682 g/mol. The van der Waals surface area contributed by atoms with Crippen LogP contribution in [0.1, 0.15) is 48.2 Å². The Kier molecular flexibility index (Phi) is 12.2. The lowest BCUT2D eigenvalue weighted by Crippen LogP contribution is -2.45. The molecule has 266 valence electrons. The van der Waals surface area contributed by atoms with Crippen molar-refractivity contribution in [2.75, 3.05) is 44.5 Å². The zero-order chi connectivity index (χ0) is 35.8. The number of aromatic nitrogens is 1. The SMILES string of the molecule is COc1ccc(S(=O)(=O)N(CCNc2cc(C)nc3ccc(Cl)cc23)CCC(=O)Nc2ccc(C(=O)NC3CCCC[C@@H]3O)cc2OC)cc1. The molecule has 0 spiro atoms. The van der Waals surface area contributed by atoms with Crippen molar-refractivity contribution in [3.63, 3.8) is 0 Å². The molecule has 4 aromatic rings. The van der Waals surface area contributed by atoms with Gasteiger partial charge in [-0.3, -0.25) is 14.6 Å². The summed E-state index contributed by atoms with van der Waals surface area (Å²) in [6.45, 7) is 2.04.